The summed E-state index contributed by atoms with van der Waals surface area (Å²) < 4.78 is 16.0. The van der Waals surface area contributed by atoms with Crippen LogP contribution >= 0.6 is 0 Å². The lowest BCUT2D eigenvalue weighted by Crippen LogP contribution is -2.34. The van der Waals surface area contributed by atoms with Gasteiger partial charge in [0.15, 0.2) is 17.3 Å². The Morgan fingerprint density at radius 1 is 1.27 bits per heavy atom. The van der Waals surface area contributed by atoms with Crippen LogP contribution in [0.1, 0.15) is 50.1 Å². The third-order valence-electron chi connectivity index (χ3n) is 4.62. The van der Waals surface area contributed by atoms with E-state index in [4.69, 9.17) is 14.0 Å². The summed E-state index contributed by atoms with van der Waals surface area (Å²) in [5.41, 5.74) is 1.56. The van der Waals surface area contributed by atoms with E-state index in [1.165, 1.54) is 0 Å². The fourth-order valence-electron chi connectivity index (χ4n) is 3.15. The lowest BCUT2D eigenvalue weighted by atomic mass is 10.1. The largest absolute Gasteiger partial charge is 0.493 e. The topological polar surface area (TPSA) is 76.8 Å². The molecule has 7 heteroatoms. The number of hydrogen-bond donors (Lipinski definition) is 1. The normalized spacial score (nSPS) is 16.8. The molecule has 0 bridgehead atoms. The van der Waals surface area contributed by atoms with Crippen LogP contribution in [-0.2, 0) is 0 Å². The van der Waals surface area contributed by atoms with Crippen LogP contribution in [-0.4, -0.2) is 36.9 Å². The highest BCUT2D eigenvalue weighted by Gasteiger charge is 2.33. The van der Waals surface area contributed by atoms with Crippen molar-refractivity contribution in [3.63, 3.8) is 0 Å². The molecular formula is C19H25N3O4. The average molecular weight is 359 g/mol. The van der Waals surface area contributed by atoms with Crippen molar-refractivity contribution in [2.24, 2.45) is 0 Å². The standard InChI is InChI=1S/C19H25N3O4/c1-12(2)14-11-17(26-21-14)15-6-5-9-22(15)19(23)20-13-7-8-16(24-3)18(10-13)25-4/h7-8,10-12,15H,5-6,9H2,1-4H3,(H,20,23)/t15-/m0/s1. The molecule has 1 aliphatic heterocycles. The van der Waals surface area contributed by atoms with Crippen molar-refractivity contribution >= 4 is 11.7 Å². The van der Waals surface area contributed by atoms with Crippen molar-refractivity contribution in [1.82, 2.24) is 10.1 Å². The highest BCUT2D eigenvalue weighted by Crippen LogP contribution is 2.34. The second-order valence-electron chi connectivity index (χ2n) is 6.66. The number of nitrogens with one attached hydrogen (secondary N) is 1. The second-order valence-corrected chi connectivity index (χ2v) is 6.66. The van der Waals surface area contributed by atoms with Crippen LogP contribution in [0.2, 0.25) is 0 Å². The predicted octanol–water partition coefficient (Wildman–Crippen LogP) is 4.18. The van der Waals surface area contributed by atoms with Crippen molar-refractivity contribution in [2.75, 3.05) is 26.1 Å². The highest BCUT2D eigenvalue weighted by molar-refractivity contribution is 5.90. The Morgan fingerprint density at radius 2 is 2.04 bits per heavy atom. The van der Waals surface area contributed by atoms with E-state index in [-0.39, 0.29) is 12.1 Å². The molecule has 26 heavy (non-hydrogen) atoms. The van der Waals surface area contributed by atoms with Gasteiger partial charge in [-0.3, -0.25) is 0 Å². The van der Waals surface area contributed by atoms with Crippen LogP contribution in [0.25, 0.3) is 0 Å². The Labute approximate surface area is 153 Å². The number of nitrogens with zero attached hydrogens (tertiary/aromatic N) is 2. The number of hydrogen-bond acceptors (Lipinski definition) is 5. The maximum absolute atomic E-state index is 12.8. The SMILES string of the molecule is COc1ccc(NC(=O)N2CCC[C@H]2c2cc(C(C)C)no2)cc1OC. The van der Waals surface area contributed by atoms with E-state index in [0.29, 0.717) is 29.6 Å². The Hall–Kier alpha value is -2.70. The Morgan fingerprint density at radius 3 is 2.69 bits per heavy atom. The number of methoxy groups -OCH3 is 2. The molecule has 140 valence electrons. The molecule has 2 amide bonds. The van der Waals surface area contributed by atoms with Crippen molar-refractivity contribution in [3.8, 4) is 11.5 Å². The van der Waals surface area contributed by atoms with E-state index in [1.54, 1.807) is 37.3 Å². The smallest absolute Gasteiger partial charge is 0.322 e. The molecule has 7 nitrogen and oxygen atoms in total. The third-order valence-corrected chi connectivity index (χ3v) is 4.62. The zero-order chi connectivity index (χ0) is 18.7. The zero-order valence-electron chi connectivity index (χ0n) is 15.6. The maximum atomic E-state index is 12.8. The van der Waals surface area contributed by atoms with E-state index < -0.39 is 0 Å². The fraction of sp³-hybridized carbons (Fsp3) is 0.474. The molecule has 1 aliphatic rings. The van der Waals surface area contributed by atoms with Gasteiger partial charge in [-0.25, -0.2) is 4.79 Å². The number of ether oxygens (including phenoxy) is 2. The zero-order valence-corrected chi connectivity index (χ0v) is 15.6. The van der Waals surface area contributed by atoms with E-state index in [1.807, 2.05) is 6.07 Å². The number of carbonyl (C=O) groups excluding carboxylic acids is 1. The minimum absolute atomic E-state index is 0.0878. The molecule has 1 N–H and O–H groups in total. The Bertz CT molecular complexity index is 772. The Kier molecular flexibility index (Phi) is 5.35. The fourth-order valence-corrected chi connectivity index (χ4v) is 3.15. The van der Waals surface area contributed by atoms with Gasteiger partial charge in [0.1, 0.15) is 0 Å². The van der Waals surface area contributed by atoms with Crippen molar-refractivity contribution in [2.45, 2.75) is 38.6 Å². The first-order valence-electron chi connectivity index (χ1n) is 8.79. The lowest BCUT2D eigenvalue weighted by molar-refractivity contribution is 0.195. The van der Waals surface area contributed by atoms with Gasteiger partial charge in [-0.05, 0) is 30.9 Å². The molecular weight excluding hydrogens is 334 g/mol. The van der Waals surface area contributed by atoms with E-state index in [9.17, 15) is 4.79 Å². The van der Waals surface area contributed by atoms with Crippen LogP contribution in [0.3, 0.4) is 0 Å². The minimum Gasteiger partial charge on any atom is -0.493 e. The highest BCUT2D eigenvalue weighted by atomic mass is 16.5. The molecule has 1 saturated heterocycles. The number of aromatic nitrogens is 1. The van der Waals surface area contributed by atoms with Gasteiger partial charge < -0.3 is 24.2 Å². The van der Waals surface area contributed by atoms with Gasteiger partial charge in [-0.1, -0.05) is 19.0 Å². The molecule has 2 heterocycles. The number of carbonyl (C=O) groups is 1. The van der Waals surface area contributed by atoms with E-state index in [2.05, 4.69) is 24.3 Å². The van der Waals surface area contributed by atoms with Crippen molar-refractivity contribution in [1.29, 1.82) is 0 Å². The number of benzene rings is 1. The summed E-state index contributed by atoms with van der Waals surface area (Å²) in [4.78, 5) is 14.6. The van der Waals surface area contributed by atoms with Gasteiger partial charge in [0, 0.05) is 24.4 Å². The van der Waals surface area contributed by atoms with Crippen molar-refractivity contribution < 1.29 is 18.8 Å². The average Bonchev–Trinajstić information content (AvgIpc) is 3.30. The second kappa shape index (κ2) is 7.68. The predicted molar refractivity (Wildman–Crippen MR) is 97.8 cm³/mol. The first-order valence-corrected chi connectivity index (χ1v) is 8.79. The van der Waals surface area contributed by atoms with Gasteiger partial charge >= 0.3 is 6.03 Å². The number of amides is 2. The Balaban J connectivity index is 1.74. The molecule has 2 aromatic rings. The lowest BCUT2D eigenvalue weighted by Gasteiger charge is -2.23. The molecule has 1 aromatic heterocycles. The number of rotatable bonds is 5. The molecule has 0 aliphatic carbocycles. The molecule has 0 saturated carbocycles. The van der Waals surface area contributed by atoms with E-state index in [0.717, 1.165) is 24.3 Å². The maximum Gasteiger partial charge on any atom is 0.322 e. The quantitative estimate of drug-likeness (QED) is 0.866. The molecule has 0 spiro atoms. The van der Waals surface area contributed by atoms with Crippen LogP contribution in [0.4, 0.5) is 10.5 Å². The van der Waals surface area contributed by atoms with Crippen LogP contribution < -0.4 is 14.8 Å². The van der Waals surface area contributed by atoms with Gasteiger partial charge in [-0.2, -0.15) is 0 Å². The van der Waals surface area contributed by atoms with Gasteiger partial charge in [0.25, 0.3) is 0 Å². The summed E-state index contributed by atoms with van der Waals surface area (Å²) in [7, 11) is 3.14. The van der Waals surface area contributed by atoms with Gasteiger partial charge in [0.2, 0.25) is 0 Å². The van der Waals surface area contributed by atoms with Crippen molar-refractivity contribution in [3.05, 3.63) is 35.7 Å². The summed E-state index contributed by atoms with van der Waals surface area (Å²) in [6.07, 6.45) is 1.80. The molecule has 0 radical (unpaired) electrons. The van der Waals surface area contributed by atoms with Crippen LogP contribution in [0, 0.1) is 0 Å². The summed E-state index contributed by atoms with van der Waals surface area (Å²) >= 11 is 0. The van der Waals surface area contributed by atoms with Gasteiger partial charge in [0.05, 0.1) is 26.0 Å². The number of anilines is 1. The molecule has 1 aromatic carbocycles. The first-order chi connectivity index (χ1) is 12.5. The minimum atomic E-state index is -0.165. The monoisotopic (exact) mass is 359 g/mol. The van der Waals surface area contributed by atoms with Crippen LogP contribution in [0.15, 0.2) is 28.8 Å². The molecule has 1 fully saturated rings. The third kappa shape index (κ3) is 3.61. The summed E-state index contributed by atoms with van der Waals surface area (Å²) in [6, 6.07) is 7.00. The number of likely N-dealkylation sites (tertiary alicyclic amines) is 1. The summed E-state index contributed by atoms with van der Waals surface area (Å²) in [6.45, 7) is 4.82. The molecule has 3 rings (SSSR count). The molecule has 0 unspecified atom stereocenters. The van der Waals surface area contributed by atoms with Crippen LogP contribution in [0.5, 0.6) is 11.5 Å². The van der Waals surface area contributed by atoms with E-state index >= 15 is 0 Å². The van der Waals surface area contributed by atoms with Gasteiger partial charge in [-0.15, -0.1) is 0 Å². The molecule has 1 atom stereocenters. The first kappa shape index (κ1) is 18.1. The summed E-state index contributed by atoms with van der Waals surface area (Å²) in [5, 5.41) is 7.04. The number of urea groups is 1. The summed E-state index contributed by atoms with van der Waals surface area (Å²) in [5.74, 6) is 2.23.